The number of rotatable bonds is 1. The molecule has 0 spiro atoms. The summed E-state index contributed by atoms with van der Waals surface area (Å²) in [6.07, 6.45) is 5.30. The monoisotopic (exact) mass is 278 g/mol. The number of phenolic OH excluding ortho intramolecular Hbond substituents is 1. The molecule has 0 amide bonds. The quantitative estimate of drug-likeness (QED) is 0.800. The summed E-state index contributed by atoms with van der Waals surface area (Å²) >= 11 is 0. The largest absolute Gasteiger partial charge is 0.507 e. The molecule has 2 aliphatic rings. The predicted molar refractivity (Wildman–Crippen MR) is 81.0 cm³/mol. The van der Waals surface area contributed by atoms with E-state index in [-0.39, 0.29) is 0 Å². The summed E-state index contributed by atoms with van der Waals surface area (Å²) < 4.78 is 5.04. The summed E-state index contributed by atoms with van der Waals surface area (Å²) in [7, 11) is 3.94. The zero-order chi connectivity index (χ0) is 13.6. The van der Waals surface area contributed by atoms with E-state index >= 15 is 0 Å². The van der Waals surface area contributed by atoms with Gasteiger partial charge in [-0.3, -0.25) is 9.34 Å². The van der Waals surface area contributed by atoms with Gasteiger partial charge in [0.05, 0.1) is 8.22 Å². The lowest BCUT2D eigenvalue weighted by atomic mass is 9.91. The fraction of sp³-hybridized carbons (Fsp3) is 0.600. The molecule has 1 aliphatic carbocycles. The first-order chi connectivity index (χ1) is 9.11. The summed E-state index contributed by atoms with van der Waals surface area (Å²) in [4.78, 5) is 0. The molecule has 2 atom stereocenters. The zero-order valence-electron chi connectivity index (χ0n) is 12.0. The molecule has 1 heterocycles. The van der Waals surface area contributed by atoms with E-state index in [2.05, 4.69) is 35.6 Å². The average Bonchev–Trinajstić information content (AvgIpc) is 2.67. The number of aryl methyl sites for hydroxylation is 1. The molecule has 19 heavy (non-hydrogen) atoms. The van der Waals surface area contributed by atoms with Crippen molar-refractivity contribution in [3.8, 4) is 5.75 Å². The first-order valence-corrected chi connectivity index (χ1v) is 8.40. The number of para-hydroxylation sites is 1. The highest BCUT2D eigenvalue weighted by atomic mass is 31.1. The Bertz CT molecular complexity index is 461. The lowest BCUT2D eigenvalue weighted by Crippen LogP contribution is -2.37. The maximum absolute atomic E-state index is 10.4. The number of hydrogen-bond acceptors (Lipinski definition) is 3. The number of likely N-dealkylation sites (N-methyl/N-ethyl adjacent to an activating group) is 2. The van der Waals surface area contributed by atoms with Gasteiger partial charge in [0, 0.05) is 17.4 Å². The molecule has 1 N–H and O–H groups in total. The number of phenols is 1. The van der Waals surface area contributed by atoms with Gasteiger partial charge in [-0.1, -0.05) is 25.0 Å². The Labute approximate surface area is 117 Å². The van der Waals surface area contributed by atoms with Gasteiger partial charge in [-0.05, 0) is 45.5 Å². The molecular weight excluding hydrogens is 255 g/mol. The molecule has 104 valence electrons. The molecular formula is C15H23N2OP. The van der Waals surface area contributed by atoms with Crippen LogP contribution in [-0.4, -0.2) is 40.6 Å². The van der Waals surface area contributed by atoms with E-state index in [0.717, 1.165) is 10.9 Å². The molecule has 1 aromatic carbocycles. The third kappa shape index (κ3) is 2.08. The molecule has 1 saturated carbocycles. The van der Waals surface area contributed by atoms with Crippen LogP contribution in [0.2, 0.25) is 0 Å². The standard InChI is InChI=1S/C15H23N2OP/c1-11-7-6-10-14(15(11)18)19-16(2)12-8-4-5-9-13(12)17(19)3/h6-7,10,12-13,18H,4-5,8-9H2,1-3H3/t12-,13-/m1/s1. The van der Waals surface area contributed by atoms with Crippen molar-refractivity contribution in [2.75, 3.05) is 14.1 Å². The minimum atomic E-state index is -0.533. The molecule has 3 nitrogen and oxygen atoms in total. The van der Waals surface area contributed by atoms with Crippen molar-refractivity contribution >= 4 is 13.5 Å². The first kappa shape index (κ1) is 13.4. The normalized spacial score (nSPS) is 29.6. The number of benzene rings is 1. The van der Waals surface area contributed by atoms with Crippen LogP contribution in [0.4, 0.5) is 0 Å². The Morgan fingerprint density at radius 1 is 1.11 bits per heavy atom. The Balaban J connectivity index is 1.98. The Hall–Kier alpha value is -0.630. The third-order valence-corrected chi connectivity index (χ3v) is 7.26. The predicted octanol–water partition coefficient (Wildman–Crippen LogP) is 2.83. The van der Waals surface area contributed by atoms with Crippen LogP contribution in [0, 0.1) is 6.92 Å². The van der Waals surface area contributed by atoms with Gasteiger partial charge in [-0.2, -0.15) is 0 Å². The fourth-order valence-electron chi connectivity index (χ4n) is 3.61. The second kappa shape index (κ2) is 5.05. The van der Waals surface area contributed by atoms with Crippen LogP contribution in [0.15, 0.2) is 18.2 Å². The molecule has 2 fully saturated rings. The highest BCUT2D eigenvalue weighted by Crippen LogP contribution is 2.55. The van der Waals surface area contributed by atoms with Crippen molar-refractivity contribution in [3.63, 3.8) is 0 Å². The Morgan fingerprint density at radius 3 is 2.26 bits per heavy atom. The van der Waals surface area contributed by atoms with E-state index in [1.54, 1.807) is 0 Å². The molecule has 0 radical (unpaired) electrons. The minimum absolute atomic E-state index is 0.492. The highest BCUT2D eigenvalue weighted by Gasteiger charge is 2.45. The number of aromatic hydroxyl groups is 1. The van der Waals surface area contributed by atoms with Gasteiger partial charge < -0.3 is 5.11 Å². The van der Waals surface area contributed by atoms with Crippen LogP contribution in [0.25, 0.3) is 0 Å². The molecule has 1 saturated heterocycles. The summed E-state index contributed by atoms with van der Waals surface area (Å²) in [5.41, 5.74) is 0.983. The SMILES string of the molecule is Cc1cccc(P2N(C)[C@@H]3CCCC[C@H]3N2C)c1O. The molecule has 0 aromatic heterocycles. The number of hydrogen-bond donors (Lipinski definition) is 1. The van der Waals surface area contributed by atoms with E-state index in [1.165, 1.54) is 25.7 Å². The van der Waals surface area contributed by atoms with Gasteiger partial charge in [0.25, 0.3) is 0 Å². The van der Waals surface area contributed by atoms with Gasteiger partial charge in [-0.25, -0.2) is 0 Å². The van der Waals surface area contributed by atoms with Gasteiger partial charge in [-0.15, -0.1) is 0 Å². The van der Waals surface area contributed by atoms with Crippen molar-refractivity contribution in [3.05, 3.63) is 23.8 Å². The van der Waals surface area contributed by atoms with Crippen LogP contribution in [-0.2, 0) is 0 Å². The molecule has 0 bridgehead atoms. The van der Waals surface area contributed by atoms with Crippen molar-refractivity contribution in [1.29, 1.82) is 0 Å². The summed E-state index contributed by atoms with van der Waals surface area (Å²) in [5, 5.41) is 11.5. The molecule has 1 aliphatic heterocycles. The Kier molecular flexibility index (Phi) is 3.55. The van der Waals surface area contributed by atoms with Crippen molar-refractivity contribution in [2.45, 2.75) is 44.7 Å². The maximum atomic E-state index is 10.4. The second-order valence-corrected chi connectivity index (χ2v) is 8.12. The van der Waals surface area contributed by atoms with E-state index in [1.807, 2.05) is 13.0 Å². The number of nitrogens with zero attached hydrogens (tertiary/aromatic N) is 2. The lowest BCUT2D eigenvalue weighted by molar-refractivity contribution is 0.233. The average molecular weight is 278 g/mol. The van der Waals surface area contributed by atoms with Crippen LogP contribution < -0.4 is 5.30 Å². The minimum Gasteiger partial charge on any atom is -0.507 e. The lowest BCUT2D eigenvalue weighted by Gasteiger charge is -2.29. The summed E-state index contributed by atoms with van der Waals surface area (Å²) in [5.74, 6) is 0.492. The van der Waals surface area contributed by atoms with Crippen molar-refractivity contribution in [2.24, 2.45) is 0 Å². The molecule has 1 aromatic rings. The van der Waals surface area contributed by atoms with Crippen molar-refractivity contribution in [1.82, 2.24) is 9.34 Å². The maximum Gasteiger partial charge on any atom is 0.128 e. The van der Waals surface area contributed by atoms with Crippen LogP contribution in [0.3, 0.4) is 0 Å². The summed E-state index contributed by atoms with van der Waals surface area (Å²) in [6, 6.07) is 7.49. The fourth-order valence-corrected chi connectivity index (χ4v) is 6.42. The first-order valence-electron chi connectivity index (χ1n) is 7.15. The summed E-state index contributed by atoms with van der Waals surface area (Å²) in [6.45, 7) is 1.98. The molecule has 4 heteroatoms. The second-order valence-electron chi connectivity index (χ2n) is 5.80. The van der Waals surface area contributed by atoms with Gasteiger partial charge in [0.2, 0.25) is 0 Å². The highest BCUT2D eigenvalue weighted by molar-refractivity contribution is 7.61. The van der Waals surface area contributed by atoms with Crippen molar-refractivity contribution < 1.29 is 5.11 Å². The van der Waals surface area contributed by atoms with Crippen LogP contribution in [0.5, 0.6) is 5.75 Å². The smallest absolute Gasteiger partial charge is 0.128 e. The van der Waals surface area contributed by atoms with Gasteiger partial charge in [0.15, 0.2) is 0 Å². The van der Waals surface area contributed by atoms with E-state index in [0.29, 0.717) is 17.8 Å². The van der Waals surface area contributed by atoms with Crippen LogP contribution in [0.1, 0.15) is 31.2 Å². The van der Waals surface area contributed by atoms with Gasteiger partial charge in [0.1, 0.15) is 5.75 Å². The van der Waals surface area contributed by atoms with Crippen LogP contribution >= 0.6 is 8.22 Å². The number of fused-ring (bicyclic) bond motifs is 1. The topological polar surface area (TPSA) is 26.7 Å². The third-order valence-electron chi connectivity index (χ3n) is 4.68. The molecule has 3 rings (SSSR count). The van der Waals surface area contributed by atoms with E-state index in [9.17, 15) is 5.11 Å². The Morgan fingerprint density at radius 2 is 1.68 bits per heavy atom. The zero-order valence-corrected chi connectivity index (χ0v) is 12.9. The molecule has 0 unspecified atom stereocenters. The van der Waals surface area contributed by atoms with E-state index < -0.39 is 8.22 Å². The van der Waals surface area contributed by atoms with E-state index in [4.69, 9.17) is 0 Å². The van der Waals surface area contributed by atoms with Gasteiger partial charge >= 0.3 is 0 Å².